The Morgan fingerprint density at radius 1 is 0.492 bits per heavy atom. The van der Waals surface area contributed by atoms with Gasteiger partial charge in [0.1, 0.15) is 12.1 Å². The highest BCUT2D eigenvalue weighted by Gasteiger charge is 2.41. The highest BCUT2D eigenvalue weighted by atomic mass is 16.5. The van der Waals surface area contributed by atoms with Gasteiger partial charge in [0, 0.05) is 98.6 Å². The average molecular weight is 1700 g/mol. The number of nitrogens with one attached hydrogen (secondary N) is 3. The number of β-amino-alcohol motifs (C(OH)–C–C–N with tert-alkyl or cyclic N) is 1. The van der Waals surface area contributed by atoms with Gasteiger partial charge in [-0.25, -0.2) is 0 Å². The molecular weight excluding hydrogens is 1510 g/mol. The summed E-state index contributed by atoms with van der Waals surface area (Å²) in [5, 5.41) is 96.7. The van der Waals surface area contributed by atoms with Crippen molar-refractivity contribution in [1.82, 2.24) is 40.4 Å². The normalized spacial score (nSPS) is 17.2. The Morgan fingerprint density at radius 3 is 1.20 bits per heavy atom. The number of aliphatic hydroxyl groups is 1. The number of hydrogen-bond donors (Lipinski definition) is 13. The van der Waals surface area contributed by atoms with Crippen LogP contribution in [0.2, 0.25) is 0 Å². The number of likely N-dealkylation sites (tertiary alicyclic amines) is 2. The van der Waals surface area contributed by atoms with Crippen molar-refractivity contribution in [3.63, 3.8) is 0 Å². The molecule has 0 aliphatic carbocycles. The molecule has 2 aliphatic rings. The van der Waals surface area contributed by atoms with Crippen LogP contribution < -0.4 is 16.0 Å². The number of hydrogen-bond acceptors (Lipinski definition) is 19. The van der Waals surface area contributed by atoms with Crippen molar-refractivity contribution < 1.29 is 99.0 Å². The molecule has 13 N–H and O–H groups in total. The Hall–Kier alpha value is -5.17. The number of carboxylic acid groups (broad SMARTS) is 9. The minimum Gasteiger partial charge on any atom is -0.481 e. The topological polar surface area (TPSA) is 417 Å². The van der Waals surface area contributed by atoms with Gasteiger partial charge in [-0.2, -0.15) is 0 Å². The Balaban J connectivity index is -0.000000190. The first-order valence-electron chi connectivity index (χ1n) is 42.3. The highest BCUT2D eigenvalue weighted by Crippen LogP contribution is 2.32. The summed E-state index contributed by atoms with van der Waals surface area (Å²) in [5.74, 6) is -6.35. The molecule has 0 saturated carbocycles. The summed E-state index contributed by atoms with van der Waals surface area (Å²) in [6.07, 6.45) is 4.76. The number of carbonyl (C=O) groups is 9. The third-order valence-electron chi connectivity index (χ3n) is 20.4. The lowest BCUT2D eigenvalue weighted by atomic mass is 9.77. The molecule has 0 bridgehead atoms. The third-order valence-corrected chi connectivity index (χ3v) is 20.4. The largest absolute Gasteiger partial charge is 0.481 e. The molecule has 28 nitrogen and oxygen atoms in total. The Kier molecular flexibility index (Phi) is 64.8. The third kappa shape index (κ3) is 79.3. The number of carboxylic acids is 9. The lowest BCUT2D eigenvalue weighted by molar-refractivity contribution is -0.144. The van der Waals surface area contributed by atoms with E-state index in [0.717, 1.165) is 64.9 Å². The van der Waals surface area contributed by atoms with Crippen LogP contribution in [0.4, 0.5) is 0 Å². The molecule has 2 heterocycles. The predicted octanol–water partition coefficient (Wildman–Crippen LogP) is 15.6. The first kappa shape index (κ1) is 128. The van der Waals surface area contributed by atoms with Gasteiger partial charge < -0.3 is 76.7 Å². The maximum atomic E-state index is 10.9. The van der Waals surface area contributed by atoms with E-state index in [4.69, 9.17) is 50.7 Å². The van der Waals surface area contributed by atoms with Gasteiger partial charge in [-0.05, 0) is 243 Å². The van der Waals surface area contributed by atoms with E-state index >= 15 is 0 Å². The van der Waals surface area contributed by atoms with E-state index in [1.807, 2.05) is 117 Å². The van der Waals surface area contributed by atoms with Gasteiger partial charge in [-0.3, -0.25) is 62.8 Å². The molecule has 118 heavy (non-hydrogen) atoms. The first-order chi connectivity index (χ1) is 52.2. The van der Waals surface area contributed by atoms with Crippen molar-refractivity contribution >= 4 is 53.7 Å². The molecule has 2 fully saturated rings. The zero-order valence-electron chi connectivity index (χ0n) is 82.9. The van der Waals surface area contributed by atoms with Crippen molar-refractivity contribution in [2.45, 2.75) is 385 Å². The molecule has 0 aromatic carbocycles. The lowest BCUT2D eigenvalue weighted by Crippen LogP contribution is -2.48. The smallest absolute Gasteiger partial charge is 0.321 e. The van der Waals surface area contributed by atoms with Gasteiger partial charge in [-0.1, -0.05) is 132 Å². The summed E-state index contributed by atoms with van der Waals surface area (Å²) >= 11 is 0. The Morgan fingerprint density at radius 2 is 0.915 bits per heavy atom. The summed E-state index contributed by atoms with van der Waals surface area (Å²) < 4.78 is 4.92. The fraction of sp³-hybridized carbons (Fsp3) is 0.900. The van der Waals surface area contributed by atoms with Gasteiger partial charge >= 0.3 is 53.7 Å². The molecule has 2 rings (SSSR count). The summed E-state index contributed by atoms with van der Waals surface area (Å²) in [6.45, 7) is 84.7. The molecule has 0 aromatic heterocycles. The molecule has 28 heteroatoms. The van der Waals surface area contributed by atoms with E-state index in [-0.39, 0.29) is 110 Å². The summed E-state index contributed by atoms with van der Waals surface area (Å²) in [6, 6.07) is -0.399. The van der Waals surface area contributed by atoms with E-state index in [1.165, 1.54) is 0 Å². The average Bonchev–Trinajstić information content (AvgIpc) is 1.66. The molecule has 2 aliphatic heterocycles. The van der Waals surface area contributed by atoms with Crippen LogP contribution in [0, 0.1) is 56.7 Å². The second-order valence-corrected chi connectivity index (χ2v) is 43.1. The molecular formula is C90H186N8O20. The van der Waals surface area contributed by atoms with Crippen molar-refractivity contribution in [2.75, 3.05) is 87.2 Å². The minimum atomic E-state index is -0.841. The fourth-order valence-electron chi connectivity index (χ4n) is 10.9. The SMILES string of the molecule is CC(C(=O)O)N(C)C(C)C(C)(C)C.CC(C)(C)N1CCC(C(=O)O)CC1.CC(C)(C)N1C[C@H](O)C[C@@H]1C(=O)O.CC(CC(=O)O)NC(C)(C)C.CC(CC(C)C(C)(C)C)C(=O)O.CC(CCC(=O)O)C(C)(C)C.CC(CNC(C)(C)C)C(=O)O.CC(N(C)CC(=O)O)C(C)(C)C.CN(CCC(=O)O)CC(C)(C)C.COCCCNC(C)(C)C. The van der Waals surface area contributed by atoms with E-state index < -0.39 is 71.9 Å². The van der Waals surface area contributed by atoms with Crippen molar-refractivity contribution in [2.24, 2.45) is 56.7 Å². The van der Waals surface area contributed by atoms with Gasteiger partial charge in [0.2, 0.25) is 0 Å². The number of likely N-dealkylation sites (N-methyl/N-ethyl adjacent to an activating group) is 2. The van der Waals surface area contributed by atoms with Crippen LogP contribution in [0.5, 0.6) is 0 Å². The van der Waals surface area contributed by atoms with Crippen molar-refractivity contribution in [1.29, 1.82) is 0 Å². The lowest BCUT2D eigenvalue weighted by Gasteiger charge is -2.39. The van der Waals surface area contributed by atoms with E-state index in [2.05, 4.69) is 187 Å². The van der Waals surface area contributed by atoms with Crippen LogP contribution in [0.25, 0.3) is 0 Å². The van der Waals surface area contributed by atoms with E-state index in [0.29, 0.717) is 44.3 Å². The molecule has 0 radical (unpaired) electrons. The first-order valence-corrected chi connectivity index (χ1v) is 42.3. The number of methoxy groups -OCH3 is 1. The number of aliphatic carboxylic acids is 9. The molecule has 0 aromatic rings. The van der Waals surface area contributed by atoms with Gasteiger partial charge in [-0.15, -0.1) is 0 Å². The van der Waals surface area contributed by atoms with Gasteiger partial charge in [0.15, 0.2) is 0 Å². The highest BCUT2D eigenvalue weighted by molar-refractivity contribution is 5.74. The Bertz CT molecular complexity index is 2750. The minimum absolute atomic E-state index is 0.00368. The summed E-state index contributed by atoms with van der Waals surface area (Å²) in [5.41, 5.74) is 1.16. The van der Waals surface area contributed by atoms with Crippen LogP contribution in [-0.4, -0.2) is 281 Å². The van der Waals surface area contributed by atoms with Gasteiger partial charge in [0.05, 0.1) is 43.2 Å². The second kappa shape index (κ2) is 59.6. The maximum absolute atomic E-state index is 10.9. The van der Waals surface area contributed by atoms with Crippen LogP contribution in [0.15, 0.2) is 0 Å². The zero-order valence-corrected chi connectivity index (χ0v) is 82.9. The quantitative estimate of drug-likeness (QED) is 0.0324. The molecule has 0 amide bonds. The molecule has 10 atom stereocenters. The number of ether oxygens (including phenoxy) is 1. The van der Waals surface area contributed by atoms with Crippen molar-refractivity contribution in [3.8, 4) is 0 Å². The predicted molar refractivity (Wildman–Crippen MR) is 481 cm³/mol. The number of piperidine rings is 1. The monoisotopic (exact) mass is 1700 g/mol. The van der Waals surface area contributed by atoms with Crippen LogP contribution in [0.3, 0.4) is 0 Å². The fourth-order valence-corrected chi connectivity index (χ4v) is 10.9. The maximum Gasteiger partial charge on any atom is 0.321 e. The summed E-state index contributed by atoms with van der Waals surface area (Å²) in [7, 11) is 7.38. The van der Waals surface area contributed by atoms with Crippen LogP contribution in [-0.2, 0) is 47.9 Å². The zero-order chi connectivity index (χ0) is 96.0. The molecule has 0 spiro atoms. The summed E-state index contributed by atoms with van der Waals surface area (Å²) in [4.78, 5) is 104. The second-order valence-electron chi connectivity index (χ2n) is 43.1. The van der Waals surface area contributed by atoms with E-state index in [1.54, 1.807) is 27.9 Å². The van der Waals surface area contributed by atoms with Crippen LogP contribution >= 0.6 is 0 Å². The van der Waals surface area contributed by atoms with Crippen LogP contribution in [0.1, 0.15) is 321 Å². The Labute approximate surface area is 718 Å². The number of rotatable bonds is 28. The number of aliphatic hydroxyl groups excluding tert-OH is 1. The van der Waals surface area contributed by atoms with Crippen molar-refractivity contribution in [3.05, 3.63) is 0 Å². The molecule has 2 saturated heterocycles. The van der Waals surface area contributed by atoms with E-state index in [9.17, 15) is 48.3 Å². The molecule has 8 unspecified atom stereocenters. The van der Waals surface area contributed by atoms with Gasteiger partial charge in [0.25, 0.3) is 0 Å². The standard InChI is InChI=1S/C10H19NO2.C10H21NO2.C10H20O2.C9H17NO3.2C9H19NO2.C9H18O2.2C8H17NO2.C8H19NO/c1-10(2,3)11-6-4-8(5-7-11)9(12)13;1-7(9(12)13)11(6)8(2)10(3,4)5;1-7(9(11)12)6-8(2)10(3,4)5;1-9(2,3)10-5-6(11)4-7(10)8(12)13;1-7(9(2,3)4)10(5)6-8(11)12;1-9(2,3)7-10(4)6-5-8(11)12;1-7(9(2,3)4)5-6-8(10)11;1-6(7(10)11)5-9-8(2,3)4;1-6(5-7(10)11)9-8(2,3)4;1-8(2,3)9-6-5-7-10-4/h8H,4-7H2,1-3H3,(H,12,13);7-8H,1-6H3,(H,12,13);7-8H,6H2,1-5H3,(H,11,12);6-7,11H,4-5H2,1-3H3,(H,12,13);7H,6H2,1-5H3,(H,11,12);5-7H2,1-4H3,(H,11,12);7H,5-6H2,1-4H3,(H,10,11);2*6,9H,5H2,1-4H3,(H,10,11);9H,5-7H2,1-4H3/t;;;6-,7-;;;;;;/m...1....../s1. The molecule has 706 valence electrons. The number of nitrogens with zero attached hydrogens (tertiary/aromatic N) is 5.